The lowest BCUT2D eigenvalue weighted by atomic mass is 9.98. The number of carbonyl (C=O) groups is 3. The monoisotopic (exact) mass is 547 g/mol. The van der Waals surface area contributed by atoms with Gasteiger partial charge in [0, 0.05) is 6.42 Å². The molecule has 1 unspecified atom stereocenters. The van der Waals surface area contributed by atoms with Crippen LogP contribution in [0.4, 0.5) is 0 Å². The van der Waals surface area contributed by atoms with Crippen LogP contribution in [0.1, 0.15) is 47.8 Å². The Balaban J connectivity index is 1.48. The van der Waals surface area contributed by atoms with Crippen LogP contribution in [0.5, 0.6) is 5.75 Å². The molecule has 202 valence electrons. The number of rotatable bonds is 9. The minimum atomic E-state index is -0.971. The quantitative estimate of drug-likeness (QED) is 0.379. The molecule has 1 N–H and O–H groups in total. The lowest BCUT2D eigenvalue weighted by Crippen LogP contribution is -2.46. The highest BCUT2D eigenvalue weighted by Crippen LogP contribution is 2.33. The molecule has 3 aromatic rings. The van der Waals surface area contributed by atoms with Gasteiger partial charge in [-0.3, -0.25) is 9.59 Å². The third-order valence-electron chi connectivity index (χ3n) is 6.44. The average Bonchev–Trinajstić information content (AvgIpc) is 3.40. The van der Waals surface area contributed by atoms with Gasteiger partial charge in [-0.1, -0.05) is 80.0 Å². The Morgan fingerprint density at radius 1 is 1.00 bits per heavy atom. The first-order valence-corrected chi connectivity index (χ1v) is 13.0. The fourth-order valence-electron chi connectivity index (χ4n) is 4.28. The Morgan fingerprint density at radius 3 is 2.31 bits per heavy atom. The van der Waals surface area contributed by atoms with Gasteiger partial charge in [0.15, 0.2) is 6.61 Å². The molecular formula is C30H30ClN3O5. The summed E-state index contributed by atoms with van der Waals surface area (Å²) in [5.41, 5.74) is 2.78. The molecule has 1 aliphatic heterocycles. The fourth-order valence-corrected chi connectivity index (χ4v) is 4.50. The van der Waals surface area contributed by atoms with Gasteiger partial charge in [-0.05, 0) is 41.3 Å². The summed E-state index contributed by atoms with van der Waals surface area (Å²) in [4.78, 5) is 39.0. The Morgan fingerprint density at radius 2 is 1.67 bits per heavy atom. The molecule has 0 saturated carbocycles. The van der Waals surface area contributed by atoms with Crippen molar-refractivity contribution in [3.8, 4) is 5.75 Å². The molecule has 0 fully saturated rings. The van der Waals surface area contributed by atoms with Crippen molar-refractivity contribution in [1.82, 2.24) is 10.3 Å². The Hall–Kier alpha value is -4.17. The number of amides is 2. The molecule has 0 saturated heterocycles. The smallest absolute Gasteiger partial charge is 0.329 e. The first-order chi connectivity index (χ1) is 18.8. The second-order valence-electron chi connectivity index (χ2n) is 9.43. The second-order valence-corrected chi connectivity index (χ2v) is 9.83. The zero-order valence-electron chi connectivity index (χ0n) is 22.0. The van der Waals surface area contributed by atoms with Crippen molar-refractivity contribution < 1.29 is 23.9 Å². The molecule has 39 heavy (non-hydrogen) atoms. The number of hydrogen-bond acceptors (Lipinski definition) is 6. The van der Waals surface area contributed by atoms with E-state index in [0.717, 1.165) is 16.8 Å². The number of halogens is 1. The molecule has 3 aromatic carbocycles. The largest absolute Gasteiger partial charge is 0.497 e. The predicted molar refractivity (Wildman–Crippen MR) is 149 cm³/mol. The van der Waals surface area contributed by atoms with E-state index in [1.54, 1.807) is 45.2 Å². The van der Waals surface area contributed by atoms with Crippen molar-refractivity contribution in [3.05, 3.63) is 101 Å². The summed E-state index contributed by atoms with van der Waals surface area (Å²) in [6, 6.07) is 22.2. The highest BCUT2D eigenvalue weighted by molar-refractivity contribution is 6.33. The first-order valence-electron chi connectivity index (χ1n) is 12.6. The van der Waals surface area contributed by atoms with Gasteiger partial charge in [0.05, 0.1) is 29.4 Å². The number of esters is 1. The van der Waals surface area contributed by atoms with Crippen molar-refractivity contribution in [1.29, 1.82) is 0 Å². The van der Waals surface area contributed by atoms with Gasteiger partial charge in [-0.25, -0.2) is 9.80 Å². The first kappa shape index (κ1) is 27.9. The number of nitrogens with one attached hydrogen (secondary N) is 1. The minimum Gasteiger partial charge on any atom is -0.497 e. The third-order valence-corrected chi connectivity index (χ3v) is 6.77. The molecule has 0 radical (unpaired) electrons. The number of methoxy groups -OCH3 is 1. The van der Waals surface area contributed by atoms with Crippen LogP contribution in [0.3, 0.4) is 0 Å². The van der Waals surface area contributed by atoms with Gasteiger partial charge in [0.2, 0.25) is 0 Å². The van der Waals surface area contributed by atoms with Gasteiger partial charge in [0.25, 0.3) is 11.8 Å². The van der Waals surface area contributed by atoms with Crippen LogP contribution in [0.2, 0.25) is 5.02 Å². The molecule has 4 rings (SSSR count). The lowest BCUT2D eigenvalue weighted by molar-refractivity contribution is -0.155. The zero-order valence-corrected chi connectivity index (χ0v) is 22.7. The van der Waals surface area contributed by atoms with E-state index >= 15 is 0 Å². The summed E-state index contributed by atoms with van der Waals surface area (Å²) in [7, 11) is 1.59. The summed E-state index contributed by atoms with van der Waals surface area (Å²) in [6.07, 6.45) is 0.499. The maximum absolute atomic E-state index is 13.3. The van der Waals surface area contributed by atoms with E-state index in [-0.39, 0.29) is 22.5 Å². The summed E-state index contributed by atoms with van der Waals surface area (Å²) < 4.78 is 10.7. The number of nitrogens with zero attached hydrogens (tertiary/aromatic N) is 2. The topological polar surface area (TPSA) is 97.3 Å². The van der Waals surface area contributed by atoms with Crippen molar-refractivity contribution >= 4 is 35.1 Å². The SMILES string of the molecule is COc1ccc(C2CC(c3ccccc3)=NN2C(=O)COC(=O)[C@@H](NC(=O)c2ccccc2Cl)C(C)C)cc1. The summed E-state index contributed by atoms with van der Waals surface area (Å²) in [5, 5.41) is 8.92. The maximum atomic E-state index is 13.3. The average molecular weight is 548 g/mol. The number of hydrazone groups is 1. The van der Waals surface area contributed by atoms with Gasteiger partial charge in [0.1, 0.15) is 11.8 Å². The number of hydrogen-bond donors (Lipinski definition) is 1. The lowest BCUT2D eigenvalue weighted by Gasteiger charge is -2.24. The van der Waals surface area contributed by atoms with E-state index in [4.69, 9.17) is 21.1 Å². The van der Waals surface area contributed by atoms with Crippen LogP contribution < -0.4 is 10.1 Å². The zero-order chi connectivity index (χ0) is 27.9. The highest BCUT2D eigenvalue weighted by atomic mass is 35.5. The molecule has 9 heteroatoms. The molecule has 0 aliphatic carbocycles. The summed E-state index contributed by atoms with van der Waals surface area (Å²) in [6.45, 7) is 3.02. The van der Waals surface area contributed by atoms with E-state index in [2.05, 4.69) is 10.4 Å². The normalized spacial score (nSPS) is 15.5. The molecular weight excluding hydrogens is 518 g/mol. The van der Waals surface area contributed by atoms with Gasteiger partial charge >= 0.3 is 5.97 Å². The van der Waals surface area contributed by atoms with Crippen LogP contribution in [0.15, 0.2) is 84.0 Å². The van der Waals surface area contributed by atoms with Crippen LogP contribution in [-0.2, 0) is 14.3 Å². The molecule has 0 bridgehead atoms. The van der Waals surface area contributed by atoms with Crippen molar-refractivity contribution in [2.45, 2.75) is 32.4 Å². The van der Waals surface area contributed by atoms with Crippen LogP contribution >= 0.6 is 11.6 Å². The molecule has 1 aliphatic rings. The number of ether oxygens (including phenoxy) is 2. The van der Waals surface area contributed by atoms with E-state index < -0.39 is 30.4 Å². The molecule has 0 spiro atoms. The molecule has 2 amide bonds. The second kappa shape index (κ2) is 12.6. The van der Waals surface area contributed by atoms with E-state index in [0.29, 0.717) is 12.2 Å². The number of carbonyl (C=O) groups excluding carboxylic acids is 3. The Kier molecular flexibility index (Phi) is 8.99. The molecule has 1 heterocycles. The summed E-state index contributed by atoms with van der Waals surface area (Å²) >= 11 is 6.13. The van der Waals surface area contributed by atoms with E-state index in [1.807, 2.05) is 54.6 Å². The fraction of sp³-hybridized carbons (Fsp3) is 0.267. The minimum absolute atomic E-state index is 0.246. The molecule has 8 nitrogen and oxygen atoms in total. The Labute approximate surface area is 232 Å². The summed E-state index contributed by atoms with van der Waals surface area (Å²) in [5.74, 6) is -1.29. The Bertz CT molecular complexity index is 1360. The maximum Gasteiger partial charge on any atom is 0.329 e. The predicted octanol–water partition coefficient (Wildman–Crippen LogP) is 5.02. The third kappa shape index (κ3) is 6.64. The van der Waals surface area contributed by atoms with Crippen molar-refractivity contribution in [2.24, 2.45) is 11.0 Å². The number of benzene rings is 3. The van der Waals surface area contributed by atoms with Gasteiger partial charge < -0.3 is 14.8 Å². The molecule has 0 aromatic heterocycles. The highest BCUT2D eigenvalue weighted by Gasteiger charge is 2.34. The van der Waals surface area contributed by atoms with Crippen LogP contribution in [0.25, 0.3) is 0 Å². The standard InChI is InChI=1S/C30H30ClN3O5/c1-19(2)28(32-29(36)23-11-7-8-12-24(23)31)30(37)39-18-27(35)34-26(21-13-15-22(38-3)16-14-21)17-25(33-34)20-9-5-4-6-10-20/h4-16,19,26,28H,17-18H2,1-3H3,(H,32,36)/t26?,28-/m0/s1. The van der Waals surface area contributed by atoms with E-state index in [1.165, 1.54) is 5.01 Å². The molecule has 2 atom stereocenters. The van der Waals surface area contributed by atoms with Crippen LogP contribution in [0, 0.1) is 5.92 Å². The van der Waals surface area contributed by atoms with E-state index in [9.17, 15) is 14.4 Å². The van der Waals surface area contributed by atoms with Gasteiger partial charge in [-0.15, -0.1) is 0 Å². The van der Waals surface area contributed by atoms with Crippen molar-refractivity contribution in [3.63, 3.8) is 0 Å². The van der Waals surface area contributed by atoms with Crippen molar-refractivity contribution in [2.75, 3.05) is 13.7 Å². The van der Waals surface area contributed by atoms with Crippen LogP contribution in [-0.4, -0.2) is 48.3 Å². The van der Waals surface area contributed by atoms with Gasteiger partial charge in [-0.2, -0.15) is 5.10 Å².